The second kappa shape index (κ2) is 8.25. The van der Waals surface area contributed by atoms with Gasteiger partial charge in [-0.25, -0.2) is 4.98 Å². The van der Waals surface area contributed by atoms with Crippen molar-refractivity contribution in [1.82, 2.24) is 19.6 Å². The largest absolute Gasteiger partial charge is 0.474 e. The highest BCUT2D eigenvalue weighted by Gasteiger charge is 2.37. The molecule has 1 saturated carbocycles. The van der Waals surface area contributed by atoms with E-state index in [0.29, 0.717) is 17.4 Å². The van der Waals surface area contributed by atoms with Crippen molar-refractivity contribution in [2.24, 2.45) is 11.8 Å². The quantitative estimate of drug-likeness (QED) is 0.670. The molecule has 2 heterocycles. The molecule has 0 aromatic carbocycles. The average Bonchev–Trinajstić information content (AvgIpc) is 3.21. The van der Waals surface area contributed by atoms with Crippen molar-refractivity contribution in [2.75, 3.05) is 19.6 Å². The van der Waals surface area contributed by atoms with Crippen LogP contribution in [0.1, 0.15) is 50.9 Å². The Morgan fingerprint density at radius 3 is 2.89 bits per heavy atom. The molecule has 1 aliphatic carbocycles. The molecule has 1 fully saturated rings. The second-order valence-corrected chi connectivity index (χ2v) is 8.55. The Hall–Kier alpha value is -2.50. The number of hydrogen-bond donors (Lipinski definition) is 1. The maximum Gasteiger partial charge on any atom is 0.252 e. The third-order valence-electron chi connectivity index (χ3n) is 5.17. The first kappa shape index (κ1) is 20.2. The van der Waals surface area contributed by atoms with Gasteiger partial charge >= 0.3 is 0 Å². The van der Waals surface area contributed by atoms with Gasteiger partial charge in [0, 0.05) is 38.2 Å². The van der Waals surface area contributed by atoms with E-state index in [2.05, 4.69) is 28.7 Å². The van der Waals surface area contributed by atoms with E-state index in [-0.39, 0.29) is 11.5 Å². The Morgan fingerprint density at radius 1 is 1.39 bits per heavy atom. The minimum absolute atomic E-state index is 0.0246. The molecule has 1 amide bonds. The summed E-state index contributed by atoms with van der Waals surface area (Å²) in [6, 6.07) is 3.68. The minimum Gasteiger partial charge on any atom is -0.474 e. The van der Waals surface area contributed by atoms with Gasteiger partial charge in [0.2, 0.25) is 0 Å². The minimum atomic E-state index is -0.226. The van der Waals surface area contributed by atoms with Crippen molar-refractivity contribution in [1.29, 1.82) is 0 Å². The van der Waals surface area contributed by atoms with Crippen LogP contribution < -0.4 is 5.32 Å². The van der Waals surface area contributed by atoms with Crippen molar-refractivity contribution in [3.63, 3.8) is 0 Å². The first-order valence-electron chi connectivity index (χ1n) is 10.1. The molecule has 6 heteroatoms. The van der Waals surface area contributed by atoms with Gasteiger partial charge < -0.3 is 19.4 Å². The molecule has 2 unspecified atom stereocenters. The Labute approximate surface area is 167 Å². The number of amides is 1. The number of imidazole rings is 1. The van der Waals surface area contributed by atoms with Crippen LogP contribution >= 0.6 is 0 Å². The van der Waals surface area contributed by atoms with E-state index >= 15 is 0 Å². The maximum atomic E-state index is 12.4. The molecule has 0 spiro atoms. The summed E-state index contributed by atoms with van der Waals surface area (Å²) in [5.74, 6) is 1.95. The molecule has 1 N–H and O–H groups in total. The summed E-state index contributed by atoms with van der Waals surface area (Å²) in [5, 5.41) is 3.07. The van der Waals surface area contributed by atoms with Gasteiger partial charge in [0.05, 0.1) is 5.56 Å². The SMILES string of the molecule is C=C(OC(C)(C)C)N(CC)CCC1CC1CNC(=O)c1ccc2nccn2c1. The first-order valence-corrected chi connectivity index (χ1v) is 10.1. The van der Waals surface area contributed by atoms with Crippen molar-refractivity contribution in [2.45, 2.75) is 46.1 Å². The monoisotopic (exact) mass is 384 g/mol. The summed E-state index contributed by atoms with van der Waals surface area (Å²) < 4.78 is 7.75. The zero-order valence-corrected chi connectivity index (χ0v) is 17.4. The summed E-state index contributed by atoms with van der Waals surface area (Å²) in [5.41, 5.74) is 1.28. The summed E-state index contributed by atoms with van der Waals surface area (Å²) in [7, 11) is 0. The number of carbonyl (C=O) groups is 1. The lowest BCUT2D eigenvalue weighted by molar-refractivity contribution is 0.00356. The standard InChI is InChI=1S/C22H32N4O2/c1-6-25(16(2)28-22(3,4)5)11-9-17-13-19(17)14-24-21(27)18-7-8-20-23-10-12-26(20)15-18/h7-8,10,12,15,17,19H,2,6,9,11,13-14H2,1,3-5H3,(H,24,27). The summed E-state index contributed by atoms with van der Waals surface area (Å²) >= 11 is 0. The van der Waals surface area contributed by atoms with Crippen molar-refractivity contribution in [3.05, 3.63) is 48.7 Å². The zero-order valence-electron chi connectivity index (χ0n) is 17.4. The molecular weight excluding hydrogens is 352 g/mol. The van der Waals surface area contributed by atoms with E-state index in [1.54, 1.807) is 6.20 Å². The Morgan fingerprint density at radius 2 is 2.18 bits per heavy atom. The van der Waals surface area contributed by atoms with Gasteiger partial charge in [-0.1, -0.05) is 0 Å². The third kappa shape index (κ3) is 5.27. The van der Waals surface area contributed by atoms with Crippen LogP contribution in [-0.4, -0.2) is 45.4 Å². The molecular formula is C22H32N4O2. The second-order valence-electron chi connectivity index (χ2n) is 8.55. The lowest BCUT2D eigenvalue weighted by atomic mass is 10.2. The normalized spacial score (nSPS) is 18.7. The molecule has 2 aromatic rings. The Balaban J connectivity index is 1.40. The van der Waals surface area contributed by atoms with Crippen LogP contribution in [0.15, 0.2) is 43.2 Å². The van der Waals surface area contributed by atoms with Crippen molar-refractivity contribution < 1.29 is 9.53 Å². The van der Waals surface area contributed by atoms with Gasteiger partial charge in [-0.2, -0.15) is 0 Å². The molecule has 0 saturated heterocycles. The summed E-state index contributed by atoms with van der Waals surface area (Å²) in [6.45, 7) is 14.9. The number of rotatable bonds is 9. The number of nitrogens with one attached hydrogen (secondary N) is 1. The predicted molar refractivity (Wildman–Crippen MR) is 111 cm³/mol. The molecule has 28 heavy (non-hydrogen) atoms. The summed E-state index contributed by atoms with van der Waals surface area (Å²) in [6.07, 6.45) is 7.67. The zero-order chi connectivity index (χ0) is 20.3. The van der Waals surface area contributed by atoms with Crippen LogP contribution in [0.25, 0.3) is 5.65 Å². The molecule has 3 rings (SSSR count). The van der Waals surface area contributed by atoms with Crippen molar-refractivity contribution >= 4 is 11.6 Å². The molecule has 6 nitrogen and oxygen atoms in total. The van der Waals surface area contributed by atoms with Crippen LogP contribution in [-0.2, 0) is 4.74 Å². The molecule has 0 aliphatic heterocycles. The van der Waals surface area contributed by atoms with Crippen molar-refractivity contribution in [3.8, 4) is 0 Å². The molecule has 2 aromatic heterocycles. The van der Waals surface area contributed by atoms with Crippen LogP contribution in [0.5, 0.6) is 0 Å². The van der Waals surface area contributed by atoms with Gasteiger partial charge in [0.15, 0.2) is 5.88 Å². The third-order valence-corrected chi connectivity index (χ3v) is 5.17. The number of nitrogens with zero attached hydrogens (tertiary/aromatic N) is 3. The van der Waals surface area contributed by atoms with Crippen LogP contribution in [0, 0.1) is 11.8 Å². The van der Waals surface area contributed by atoms with E-state index < -0.39 is 0 Å². The number of pyridine rings is 1. The number of hydrogen-bond acceptors (Lipinski definition) is 4. The van der Waals surface area contributed by atoms with Gasteiger partial charge in [-0.3, -0.25) is 4.79 Å². The maximum absolute atomic E-state index is 12.4. The Kier molecular flexibility index (Phi) is 5.96. The molecule has 1 aliphatic rings. The van der Waals surface area contributed by atoms with E-state index in [1.807, 2.05) is 49.7 Å². The van der Waals surface area contributed by atoms with E-state index in [0.717, 1.165) is 37.6 Å². The smallest absolute Gasteiger partial charge is 0.252 e. The van der Waals surface area contributed by atoms with Crippen LogP contribution in [0.3, 0.4) is 0 Å². The highest BCUT2D eigenvalue weighted by Crippen LogP contribution is 2.41. The highest BCUT2D eigenvalue weighted by atomic mass is 16.5. The fourth-order valence-corrected chi connectivity index (χ4v) is 3.49. The predicted octanol–water partition coefficient (Wildman–Crippen LogP) is 3.70. The average molecular weight is 385 g/mol. The summed E-state index contributed by atoms with van der Waals surface area (Å²) in [4.78, 5) is 18.8. The molecule has 2 atom stereocenters. The number of aromatic nitrogens is 2. The number of ether oxygens (including phenoxy) is 1. The van der Waals surface area contributed by atoms with Crippen LogP contribution in [0.4, 0.5) is 0 Å². The fraction of sp³-hybridized carbons (Fsp3) is 0.545. The van der Waals surface area contributed by atoms with Gasteiger partial charge in [0.25, 0.3) is 5.91 Å². The fourth-order valence-electron chi connectivity index (χ4n) is 3.49. The molecule has 0 bridgehead atoms. The van der Waals surface area contributed by atoms with E-state index in [9.17, 15) is 4.79 Å². The highest BCUT2D eigenvalue weighted by molar-refractivity contribution is 5.94. The molecule has 152 valence electrons. The first-order chi connectivity index (χ1) is 13.3. The number of fused-ring (bicyclic) bond motifs is 1. The van der Waals surface area contributed by atoms with E-state index in [4.69, 9.17) is 4.74 Å². The Bertz CT molecular complexity index is 836. The number of carbonyl (C=O) groups excluding carboxylic acids is 1. The van der Waals surface area contributed by atoms with Crippen LogP contribution in [0.2, 0.25) is 0 Å². The van der Waals surface area contributed by atoms with E-state index in [1.165, 1.54) is 6.42 Å². The van der Waals surface area contributed by atoms with Gasteiger partial charge in [-0.05, 0) is 71.1 Å². The molecule has 0 radical (unpaired) electrons. The lowest BCUT2D eigenvalue weighted by Crippen LogP contribution is -2.30. The van der Waals surface area contributed by atoms with Gasteiger partial charge in [-0.15, -0.1) is 0 Å². The van der Waals surface area contributed by atoms with Gasteiger partial charge in [0.1, 0.15) is 11.2 Å². The lowest BCUT2D eigenvalue weighted by Gasteiger charge is -2.30. The topological polar surface area (TPSA) is 58.9 Å².